The van der Waals surface area contributed by atoms with Crippen LogP contribution in [0.5, 0.6) is 0 Å². The van der Waals surface area contributed by atoms with Gasteiger partial charge < -0.3 is 8.83 Å². The molecule has 3 heterocycles. The van der Waals surface area contributed by atoms with Crippen molar-refractivity contribution in [2.45, 2.75) is 0 Å². The minimum atomic E-state index is -0.344. The van der Waals surface area contributed by atoms with Crippen LogP contribution in [0.4, 0.5) is 6.01 Å². The summed E-state index contributed by atoms with van der Waals surface area (Å²) >= 11 is 1.54. The summed E-state index contributed by atoms with van der Waals surface area (Å²) in [5.74, 6) is 0.324. The average molecular weight is 337 g/mol. The molecule has 4 aromatic rings. The number of fused-ring (bicyclic) bond motifs is 1. The molecular formula is C17H11N3O3S. The molecule has 0 aliphatic carbocycles. The first-order valence-electron chi connectivity index (χ1n) is 7.13. The van der Waals surface area contributed by atoms with E-state index in [2.05, 4.69) is 15.5 Å². The van der Waals surface area contributed by atoms with Gasteiger partial charge in [0.2, 0.25) is 0 Å². The van der Waals surface area contributed by atoms with E-state index in [0.717, 1.165) is 15.8 Å². The Labute approximate surface area is 140 Å². The molecule has 0 bridgehead atoms. The van der Waals surface area contributed by atoms with E-state index in [9.17, 15) is 4.79 Å². The Morgan fingerprint density at radius 3 is 2.88 bits per heavy atom. The molecule has 1 amide bonds. The van der Waals surface area contributed by atoms with Gasteiger partial charge in [-0.05, 0) is 29.7 Å². The minimum absolute atomic E-state index is 0.0197. The number of amides is 1. The second kappa shape index (κ2) is 6.13. The smallest absolute Gasteiger partial charge is 0.322 e. The molecule has 0 aliphatic heterocycles. The number of furan rings is 1. The molecule has 4 rings (SSSR count). The first-order valence-corrected chi connectivity index (χ1v) is 8.01. The van der Waals surface area contributed by atoms with Crippen molar-refractivity contribution in [3.8, 4) is 11.7 Å². The van der Waals surface area contributed by atoms with Crippen LogP contribution in [0.25, 0.3) is 28.7 Å². The molecule has 3 aromatic heterocycles. The summed E-state index contributed by atoms with van der Waals surface area (Å²) in [6, 6.07) is 13.2. The Bertz CT molecular complexity index is 982. The van der Waals surface area contributed by atoms with Crippen LogP contribution < -0.4 is 5.32 Å². The highest BCUT2D eigenvalue weighted by Crippen LogP contribution is 2.27. The summed E-state index contributed by atoms with van der Waals surface area (Å²) in [5.41, 5.74) is 0.732. The maximum absolute atomic E-state index is 11.8. The molecule has 6 nitrogen and oxygen atoms in total. The number of hydrogen-bond acceptors (Lipinski definition) is 6. The molecule has 0 unspecified atom stereocenters. The number of carbonyl (C=O) groups excluding carboxylic acids is 1. The van der Waals surface area contributed by atoms with Crippen molar-refractivity contribution in [3.63, 3.8) is 0 Å². The van der Waals surface area contributed by atoms with Crippen molar-refractivity contribution in [1.29, 1.82) is 0 Å². The lowest BCUT2D eigenvalue weighted by Gasteiger charge is -1.93. The van der Waals surface area contributed by atoms with Gasteiger partial charge >= 0.3 is 6.01 Å². The van der Waals surface area contributed by atoms with E-state index in [4.69, 9.17) is 8.83 Å². The van der Waals surface area contributed by atoms with E-state index in [1.54, 1.807) is 17.4 Å². The van der Waals surface area contributed by atoms with Crippen molar-refractivity contribution in [3.05, 3.63) is 58.8 Å². The van der Waals surface area contributed by atoms with Gasteiger partial charge in [-0.25, -0.2) is 0 Å². The van der Waals surface area contributed by atoms with Crippen LogP contribution in [0, 0.1) is 0 Å². The van der Waals surface area contributed by atoms with Gasteiger partial charge in [0.15, 0.2) is 5.76 Å². The topological polar surface area (TPSA) is 81.2 Å². The summed E-state index contributed by atoms with van der Waals surface area (Å²) in [5, 5.41) is 13.1. The van der Waals surface area contributed by atoms with E-state index < -0.39 is 0 Å². The Hall–Kier alpha value is -3.19. The fourth-order valence-corrected chi connectivity index (χ4v) is 2.77. The Morgan fingerprint density at radius 1 is 1.12 bits per heavy atom. The monoisotopic (exact) mass is 337 g/mol. The normalized spacial score (nSPS) is 11.3. The number of nitrogens with one attached hydrogen (secondary N) is 1. The van der Waals surface area contributed by atoms with E-state index >= 15 is 0 Å². The molecule has 118 valence electrons. The molecule has 1 N–H and O–H groups in total. The number of carbonyl (C=O) groups is 1. The fraction of sp³-hybridized carbons (Fsp3) is 0. The predicted molar refractivity (Wildman–Crippen MR) is 91.5 cm³/mol. The van der Waals surface area contributed by atoms with E-state index in [-0.39, 0.29) is 17.8 Å². The van der Waals surface area contributed by atoms with Crippen LogP contribution in [-0.4, -0.2) is 16.1 Å². The molecule has 0 saturated heterocycles. The third kappa shape index (κ3) is 2.97. The first-order chi connectivity index (χ1) is 11.8. The molecule has 7 heteroatoms. The number of rotatable bonds is 4. The lowest BCUT2D eigenvalue weighted by molar-refractivity contribution is -0.112. The van der Waals surface area contributed by atoms with Gasteiger partial charge in [-0.15, -0.1) is 16.4 Å². The van der Waals surface area contributed by atoms with Crippen molar-refractivity contribution in [2.75, 3.05) is 5.32 Å². The molecular weight excluding hydrogens is 326 g/mol. The molecule has 0 atom stereocenters. The first kappa shape index (κ1) is 14.4. The summed E-state index contributed by atoms with van der Waals surface area (Å²) in [7, 11) is 0. The molecule has 24 heavy (non-hydrogen) atoms. The molecule has 0 radical (unpaired) electrons. The zero-order valence-corrected chi connectivity index (χ0v) is 13.1. The Balaban J connectivity index is 1.49. The number of anilines is 1. The van der Waals surface area contributed by atoms with Crippen LogP contribution in [0.15, 0.2) is 62.8 Å². The highest BCUT2D eigenvalue weighted by Gasteiger charge is 2.14. The van der Waals surface area contributed by atoms with E-state index in [0.29, 0.717) is 5.76 Å². The molecule has 0 saturated carbocycles. The number of nitrogens with zero attached hydrogens (tertiary/aromatic N) is 2. The van der Waals surface area contributed by atoms with Crippen molar-refractivity contribution >= 4 is 40.3 Å². The molecule has 0 fully saturated rings. The Kier molecular flexibility index (Phi) is 3.68. The van der Waals surface area contributed by atoms with E-state index in [1.165, 1.54) is 6.08 Å². The summed E-state index contributed by atoms with van der Waals surface area (Å²) in [6.45, 7) is 0. The standard InChI is InChI=1S/C17H11N3O3S/c21-15(8-7-12-5-3-9-24-12)18-17-20-19-16(23-17)14-10-11-4-1-2-6-13(11)22-14/h1-10H,(H,18,20,21)/b8-7+. The molecule has 0 spiro atoms. The molecule has 1 aromatic carbocycles. The maximum atomic E-state index is 11.8. The van der Waals surface area contributed by atoms with Gasteiger partial charge in [0.25, 0.3) is 11.8 Å². The largest absolute Gasteiger partial charge is 0.451 e. The van der Waals surface area contributed by atoms with Crippen LogP contribution in [-0.2, 0) is 4.79 Å². The average Bonchev–Trinajstić information content (AvgIpc) is 3.32. The number of para-hydroxylation sites is 1. The minimum Gasteiger partial charge on any atom is -0.451 e. The summed E-state index contributed by atoms with van der Waals surface area (Å²) < 4.78 is 11.1. The van der Waals surface area contributed by atoms with E-state index in [1.807, 2.05) is 47.8 Å². The van der Waals surface area contributed by atoms with Gasteiger partial charge in [0, 0.05) is 16.3 Å². The van der Waals surface area contributed by atoms with Crippen molar-refractivity contribution in [2.24, 2.45) is 0 Å². The zero-order valence-electron chi connectivity index (χ0n) is 12.3. The predicted octanol–water partition coefficient (Wildman–Crippen LogP) is 4.20. The van der Waals surface area contributed by atoms with Crippen molar-refractivity contribution in [1.82, 2.24) is 10.2 Å². The fourth-order valence-electron chi connectivity index (χ4n) is 2.15. The van der Waals surface area contributed by atoms with Crippen LogP contribution >= 0.6 is 11.3 Å². The van der Waals surface area contributed by atoms with Crippen LogP contribution in [0.2, 0.25) is 0 Å². The number of thiophene rings is 1. The van der Waals surface area contributed by atoms with Gasteiger partial charge in [0.1, 0.15) is 5.58 Å². The quantitative estimate of drug-likeness (QED) is 0.565. The SMILES string of the molecule is O=C(/C=C/c1cccs1)Nc1nnc(-c2cc3ccccc3o2)o1. The summed E-state index contributed by atoms with van der Waals surface area (Å²) in [6.07, 6.45) is 3.13. The summed E-state index contributed by atoms with van der Waals surface area (Å²) in [4.78, 5) is 12.8. The third-order valence-electron chi connectivity index (χ3n) is 3.23. The number of hydrogen-bond donors (Lipinski definition) is 1. The number of aromatic nitrogens is 2. The second-order valence-corrected chi connectivity index (χ2v) is 5.88. The van der Waals surface area contributed by atoms with Gasteiger partial charge in [-0.2, -0.15) is 0 Å². The van der Waals surface area contributed by atoms with Crippen molar-refractivity contribution < 1.29 is 13.6 Å². The zero-order chi connectivity index (χ0) is 16.4. The molecule has 0 aliphatic rings. The lowest BCUT2D eigenvalue weighted by atomic mass is 10.2. The van der Waals surface area contributed by atoms with Gasteiger partial charge in [-0.3, -0.25) is 10.1 Å². The second-order valence-electron chi connectivity index (χ2n) is 4.90. The van der Waals surface area contributed by atoms with Gasteiger partial charge in [-0.1, -0.05) is 29.4 Å². The highest BCUT2D eigenvalue weighted by molar-refractivity contribution is 7.10. The van der Waals surface area contributed by atoms with Crippen LogP contribution in [0.3, 0.4) is 0 Å². The highest BCUT2D eigenvalue weighted by atomic mass is 32.1. The van der Waals surface area contributed by atoms with Crippen LogP contribution in [0.1, 0.15) is 4.88 Å². The van der Waals surface area contributed by atoms with Gasteiger partial charge in [0.05, 0.1) is 0 Å². The number of benzene rings is 1. The maximum Gasteiger partial charge on any atom is 0.322 e. The third-order valence-corrected chi connectivity index (χ3v) is 4.07. The Morgan fingerprint density at radius 2 is 2.04 bits per heavy atom. The lowest BCUT2D eigenvalue weighted by Crippen LogP contribution is -2.07.